The van der Waals surface area contributed by atoms with Gasteiger partial charge in [0.1, 0.15) is 12.0 Å². The molecular weight excluding hydrogens is 441 g/mol. The van der Waals surface area contributed by atoms with E-state index >= 15 is 0 Å². The van der Waals surface area contributed by atoms with Gasteiger partial charge in [-0.2, -0.15) is 18.4 Å². The number of hydrogen-bond acceptors (Lipinski definition) is 4. The maximum Gasteiger partial charge on any atom is 0.417 e. The van der Waals surface area contributed by atoms with Crippen LogP contribution >= 0.6 is 0 Å². The van der Waals surface area contributed by atoms with Crippen LogP contribution in [0.2, 0.25) is 0 Å². The molecule has 0 amide bonds. The van der Waals surface area contributed by atoms with Crippen LogP contribution in [0.1, 0.15) is 75.0 Å². The standard InChI is InChI=1S/C9H19N.C8H4F3NO.C8H8O.C2H6/c1-8(2)6-9(3,4)7(8)10-5;9-8(10,11)7-3-6(13)2-1-5(7)4-12;1-7-2-4-8(6-9)5-3-7;1-2/h7,10H,6H2,1-5H3;1-3,13H;2-6H,1H3;1-2H3. The number of carbonyl (C=O) groups excluding carboxylic acids is 1. The van der Waals surface area contributed by atoms with E-state index < -0.39 is 23.1 Å². The highest BCUT2D eigenvalue weighted by Crippen LogP contribution is 2.53. The number of benzene rings is 2. The molecule has 34 heavy (non-hydrogen) atoms. The summed E-state index contributed by atoms with van der Waals surface area (Å²) in [6.45, 7) is 15.3. The lowest BCUT2D eigenvalue weighted by molar-refractivity contribution is -0.137. The zero-order valence-electron chi connectivity index (χ0n) is 21.3. The molecule has 0 spiro atoms. The maximum absolute atomic E-state index is 12.2. The number of aromatic hydroxyl groups is 1. The number of aryl methyl sites for hydroxylation is 1. The Bertz CT molecular complexity index is 930. The third-order valence-corrected chi connectivity index (χ3v) is 5.41. The van der Waals surface area contributed by atoms with Crippen molar-refractivity contribution in [1.82, 2.24) is 5.32 Å². The number of rotatable bonds is 2. The van der Waals surface area contributed by atoms with Crippen LogP contribution in [0.4, 0.5) is 13.2 Å². The van der Waals surface area contributed by atoms with Gasteiger partial charge in [-0.25, -0.2) is 0 Å². The lowest BCUT2D eigenvalue weighted by Gasteiger charge is -2.57. The van der Waals surface area contributed by atoms with Crippen molar-refractivity contribution in [3.05, 3.63) is 64.7 Å². The number of hydrogen-bond donors (Lipinski definition) is 2. The average molecular weight is 479 g/mol. The van der Waals surface area contributed by atoms with Crippen molar-refractivity contribution in [1.29, 1.82) is 5.26 Å². The van der Waals surface area contributed by atoms with Crippen molar-refractivity contribution in [2.75, 3.05) is 7.05 Å². The van der Waals surface area contributed by atoms with Crippen LogP contribution in [-0.2, 0) is 6.18 Å². The third-order valence-electron chi connectivity index (χ3n) is 5.41. The van der Waals surface area contributed by atoms with Crippen LogP contribution in [0.3, 0.4) is 0 Å². The van der Waals surface area contributed by atoms with Gasteiger partial charge in [-0.3, -0.25) is 4.79 Å². The number of phenolic OH excluding ortho intramolecular Hbond substituents is 1. The summed E-state index contributed by atoms with van der Waals surface area (Å²) < 4.78 is 36.5. The fourth-order valence-corrected chi connectivity index (χ4v) is 4.60. The van der Waals surface area contributed by atoms with Gasteiger partial charge in [0, 0.05) is 11.6 Å². The van der Waals surface area contributed by atoms with Crippen molar-refractivity contribution in [3.63, 3.8) is 0 Å². The fourth-order valence-electron chi connectivity index (χ4n) is 4.60. The molecule has 1 aliphatic carbocycles. The molecule has 2 aromatic carbocycles. The fraction of sp³-hybridized carbons (Fsp3) is 0.481. The summed E-state index contributed by atoms with van der Waals surface area (Å²) >= 11 is 0. The Labute approximate surface area is 201 Å². The molecule has 2 aromatic rings. The van der Waals surface area contributed by atoms with Gasteiger partial charge in [0.2, 0.25) is 0 Å². The molecule has 188 valence electrons. The Balaban J connectivity index is 0.000000471. The van der Waals surface area contributed by atoms with E-state index in [1.807, 2.05) is 45.0 Å². The van der Waals surface area contributed by atoms with Gasteiger partial charge in [-0.15, -0.1) is 0 Å². The molecule has 1 saturated carbocycles. The summed E-state index contributed by atoms with van der Waals surface area (Å²) in [6, 6.07) is 12.0. The van der Waals surface area contributed by atoms with E-state index in [1.165, 1.54) is 18.1 Å². The summed E-state index contributed by atoms with van der Waals surface area (Å²) in [5, 5.41) is 20.5. The lowest BCUT2D eigenvalue weighted by Crippen LogP contribution is -2.61. The molecule has 0 aliphatic heterocycles. The number of halogens is 3. The number of alkyl halides is 3. The van der Waals surface area contributed by atoms with E-state index in [9.17, 15) is 18.0 Å². The molecule has 0 aromatic heterocycles. The van der Waals surface area contributed by atoms with E-state index in [0.29, 0.717) is 22.9 Å². The molecule has 0 radical (unpaired) electrons. The zero-order chi connectivity index (χ0) is 26.7. The molecule has 2 N–H and O–H groups in total. The van der Waals surface area contributed by atoms with Crippen molar-refractivity contribution >= 4 is 6.29 Å². The summed E-state index contributed by atoms with van der Waals surface area (Å²) in [6.07, 6.45) is -2.42. The quantitative estimate of drug-likeness (QED) is 0.450. The van der Waals surface area contributed by atoms with E-state index in [2.05, 4.69) is 40.1 Å². The Morgan fingerprint density at radius 2 is 1.56 bits per heavy atom. The second-order valence-corrected chi connectivity index (χ2v) is 9.24. The topological polar surface area (TPSA) is 73.1 Å². The predicted octanol–water partition coefficient (Wildman–Crippen LogP) is 7.15. The van der Waals surface area contributed by atoms with E-state index in [0.717, 1.165) is 24.0 Å². The number of nitrogens with one attached hydrogen (secondary N) is 1. The molecule has 0 atom stereocenters. The first-order valence-corrected chi connectivity index (χ1v) is 11.2. The first kappa shape index (κ1) is 31.1. The van der Waals surface area contributed by atoms with E-state index in [1.54, 1.807) is 0 Å². The highest BCUT2D eigenvalue weighted by molar-refractivity contribution is 5.74. The molecule has 0 heterocycles. The molecule has 0 saturated heterocycles. The summed E-state index contributed by atoms with van der Waals surface area (Å²) in [7, 11) is 2.06. The zero-order valence-corrected chi connectivity index (χ0v) is 21.3. The smallest absolute Gasteiger partial charge is 0.417 e. The minimum absolute atomic E-state index is 0.495. The van der Waals surface area contributed by atoms with Crippen molar-refractivity contribution in [2.45, 2.75) is 67.1 Å². The Morgan fingerprint density at radius 3 is 1.88 bits per heavy atom. The Morgan fingerprint density at radius 1 is 1.06 bits per heavy atom. The van der Waals surface area contributed by atoms with Crippen LogP contribution in [0.25, 0.3) is 0 Å². The van der Waals surface area contributed by atoms with Crippen molar-refractivity contribution in [2.24, 2.45) is 10.8 Å². The lowest BCUT2D eigenvalue weighted by atomic mass is 9.52. The molecule has 4 nitrogen and oxygen atoms in total. The monoisotopic (exact) mass is 478 g/mol. The molecule has 0 unspecified atom stereocenters. The van der Waals surface area contributed by atoms with Crippen LogP contribution in [-0.4, -0.2) is 24.5 Å². The van der Waals surface area contributed by atoms with Crippen LogP contribution in [0, 0.1) is 29.1 Å². The second-order valence-electron chi connectivity index (χ2n) is 9.24. The molecule has 3 rings (SSSR count). The third kappa shape index (κ3) is 9.18. The van der Waals surface area contributed by atoms with E-state index in [4.69, 9.17) is 10.4 Å². The number of nitrogens with zero attached hydrogens (tertiary/aromatic N) is 1. The molecule has 0 bridgehead atoms. The van der Waals surface area contributed by atoms with Crippen molar-refractivity contribution < 1.29 is 23.1 Å². The Hall–Kier alpha value is -2.85. The normalized spacial score (nSPS) is 15.5. The van der Waals surface area contributed by atoms with Crippen LogP contribution < -0.4 is 5.32 Å². The van der Waals surface area contributed by atoms with Gasteiger partial charge in [0.15, 0.2) is 0 Å². The Kier molecular flexibility index (Phi) is 12.0. The number of nitriles is 1. The van der Waals surface area contributed by atoms with Gasteiger partial charge in [-0.1, -0.05) is 71.4 Å². The van der Waals surface area contributed by atoms with Gasteiger partial charge in [0.05, 0.1) is 17.2 Å². The molecular formula is C27H37F3N2O2. The SMILES string of the molecule is CC.CNC1C(C)(C)CC1(C)C.Cc1ccc(C=O)cc1.N#Cc1ccc(O)cc1C(F)(F)F. The summed E-state index contributed by atoms with van der Waals surface area (Å²) in [5.41, 5.74) is 1.33. The van der Waals surface area contributed by atoms with E-state index in [-0.39, 0.29) is 0 Å². The number of aldehydes is 1. The predicted molar refractivity (Wildman–Crippen MR) is 131 cm³/mol. The second kappa shape index (κ2) is 13.1. The van der Waals surface area contributed by atoms with Crippen LogP contribution in [0.15, 0.2) is 42.5 Å². The first-order valence-electron chi connectivity index (χ1n) is 11.2. The minimum atomic E-state index is -4.61. The summed E-state index contributed by atoms with van der Waals surface area (Å²) in [4.78, 5) is 10.1. The van der Waals surface area contributed by atoms with Gasteiger partial charge < -0.3 is 10.4 Å². The highest BCUT2D eigenvalue weighted by Gasteiger charge is 2.51. The minimum Gasteiger partial charge on any atom is -0.508 e. The number of phenols is 1. The number of carbonyl (C=O) groups is 1. The van der Waals surface area contributed by atoms with Crippen LogP contribution in [0.5, 0.6) is 5.75 Å². The van der Waals surface area contributed by atoms with Gasteiger partial charge in [0.25, 0.3) is 0 Å². The molecule has 1 aliphatic rings. The average Bonchev–Trinajstić information content (AvgIpc) is 2.75. The highest BCUT2D eigenvalue weighted by atomic mass is 19.4. The maximum atomic E-state index is 12.2. The van der Waals surface area contributed by atoms with Gasteiger partial charge in [-0.05, 0) is 49.4 Å². The summed E-state index contributed by atoms with van der Waals surface area (Å²) in [5.74, 6) is -0.508. The van der Waals surface area contributed by atoms with Gasteiger partial charge >= 0.3 is 6.18 Å². The molecule has 7 heteroatoms. The van der Waals surface area contributed by atoms with Crippen molar-refractivity contribution in [3.8, 4) is 11.8 Å². The largest absolute Gasteiger partial charge is 0.508 e. The molecule has 1 fully saturated rings. The first-order chi connectivity index (χ1) is 15.7.